The fourth-order valence-electron chi connectivity index (χ4n) is 1.76. The van der Waals surface area contributed by atoms with Gasteiger partial charge in [-0.2, -0.15) is 0 Å². The maximum atomic E-state index is 12.5. The summed E-state index contributed by atoms with van der Waals surface area (Å²) in [6.07, 6.45) is -2.43. The summed E-state index contributed by atoms with van der Waals surface area (Å²) in [5, 5.41) is 0. The number of nitrogen functional groups attached to an aromatic ring is 1. The van der Waals surface area contributed by atoms with Crippen LogP contribution in [-0.2, 0) is 11.3 Å². The summed E-state index contributed by atoms with van der Waals surface area (Å²) in [5.41, 5.74) is 11.6. The maximum Gasteiger partial charge on any atom is 0.263 e. The number of rotatable bonds is 4. The average molecular weight is 254 g/mol. The minimum absolute atomic E-state index is 0.109. The zero-order valence-corrected chi connectivity index (χ0v) is 9.44. The van der Waals surface area contributed by atoms with Gasteiger partial charge in [0.2, 0.25) is 11.9 Å². The third kappa shape index (κ3) is 2.24. The van der Waals surface area contributed by atoms with Crippen LogP contribution in [0, 0.1) is 0 Å². The van der Waals surface area contributed by atoms with Crippen LogP contribution >= 0.6 is 0 Å². The topological polar surface area (TPSA) is 86.9 Å². The highest BCUT2D eigenvalue weighted by Crippen LogP contribution is 2.25. The van der Waals surface area contributed by atoms with E-state index in [-0.39, 0.29) is 24.5 Å². The van der Waals surface area contributed by atoms with Gasteiger partial charge in [0, 0.05) is 18.5 Å². The number of hydrogen-bond donors (Lipinski definition) is 2. The van der Waals surface area contributed by atoms with Gasteiger partial charge in [0.05, 0.1) is 11.0 Å². The van der Waals surface area contributed by atoms with Crippen LogP contribution in [0.1, 0.15) is 18.4 Å². The number of benzene rings is 1. The van der Waals surface area contributed by atoms with E-state index in [1.54, 1.807) is 4.57 Å². The molecule has 0 atom stereocenters. The summed E-state index contributed by atoms with van der Waals surface area (Å²) in [7, 11) is 0. The van der Waals surface area contributed by atoms with Gasteiger partial charge in [-0.3, -0.25) is 4.79 Å². The molecule has 1 aromatic heterocycles. The summed E-state index contributed by atoms with van der Waals surface area (Å²) in [6, 6.07) is 4.12. The normalized spacial score (nSPS) is 11.3. The molecular formula is C11H12F2N4O. The Bertz CT molecular complexity index is 594. The van der Waals surface area contributed by atoms with Crippen LogP contribution in [0.5, 0.6) is 0 Å². The van der Waals surface area contributed by atoms with Crippen LogP contribution in [0.4, 0.5) is 14.7 Å². The van der Waals surface area contributed by atoms with Gasteiger partial charge in [0.25, 0.3) is 6.43 Å². The van der Waals surface area contributed by atoms with E-state index in [1.165, 1.54) is 18.2 Å². The predicted molar refractivity (Wildman–Crippen MR) is 62.9 cm³/mol. The quantitative estimate of drug-likeness (QED) is 0.865. The van der Waals surface area contributed by atoms with Crippen molar-refractivity contribution in [3.63, 3.8) is 0 Å². The third-order valence-electron chi connectivity index (χ3n) is 2.64. The van der Waals surface area contributed by atoms with Crippen LogP contribution in [0.3, 0.4) is 0 Å². The fraction of sp³-hybridized carbons (Fsp3) is 0.273. The molecule has 7 heteroatoms. The smallest absolute Gasteiger partial charge is 0.263 e. The zero-order valence-electron chi connectivity index (χ0n) is 9.44. The lowest BCUT2D eigenvalue weighted by atomic mass is 10.2. The van der Waals surface area contributed by atoms with E-state index in [1.807, 2.05) is 0 Å². The van der Waals surface area contributed by atoms with Crippen molar-refractivity contribution >= 4 is 22.9 Å². The first-order valence-corrected chi connectivity index (χ1v) is 5.31. The van der Waals surface area contributed by atoms with Crippen molar-refractivity contribution < 1.29 is 13.6 Å². The van der Waals surface area contributed by atoms with E-state index in [2.05, 4.69) is 4.98 Å². The molecule has 0 saturated heterocycles. The third-order valence-corrected chi connectivity index (χ3v) is 2.64. The maximum absolute atomic E-state index is 12.5. The molecule has 0 unspecified atom stereocenters. The van der Waals surface area contributed by atoms with Gasteiger partial charge in [0.1, 0.15) is 0 Å². The van der Waals surface area contributed by atoms with Gasteiger partial charge in [0.15, 0.2) is 0 Å². The van der Waals surface area contributed by atoms with E-state index < -0.39 is 12.3 Å². The number of halogens is 2. The minimum Gasteiger partial charge on any atom is -0.370 e. The summed E-state index contributed by atoms with van der Waals surface area (Å²) >= 11 is 0. The van der Waals surface area contributed by atoms with Crippen molar-refractivity contribution in [2.24, 2.45) is 5.73 Å². The Balaban J connectivity index is 2.42. The molecule has 18 heavy (non-hydrogen) atoms. The summed E-state index contributed by atoms with van der Waals surface area (Å²) in [4.78, 5) is 14.7. The number of nitrogens with zero attached hydrogens (tertiary/aromatic N) is 2. The minimum atomic E-state index is -2.55. The second kappa shape index (κ2) is 4.59. The molecule has 96 valence electrons. The summed E-state index contributed by atoms with van der Waals surface area (Å²) < 4.78 is 26.6. The molecule has 0 aliphatic heterocycles. The van der Waals surface area contributed by atoms with Gasteiger partial charge in [-0.1, -0.05) is 6.07 Å². The van der Waals surface area contributed by atoms with Gasteiger partial charge in [-0.15, -0.1) is 0 Å². The molecule has 0 aliphatic rings. The van der Waals surface area contributed by atoms with E-state index in [9.17, 15) is 13.6 Å². The number of aryl methyl sites for hydroxylation is 1. The van der Waals surface area contributed by atoms with Crippen LogP contribution < -0.4 is 11.5 Å². The number of nitrogens with two attached hydrogens (primary N) is 2. The Labute approximate surface area is 101 Å². The van der Waals surface area contributed by atoms with Crippen LogP contribution in [0.2, 0.25) is 0 Å². The zero-order chi connectivity index (χ0) is 13.3. The Morgan fingerprint density at radius 2 is 2.17 bits per heavy atom. The molecule has 0 aliphatic carbocycles. The highest BCUT2D eigenvalue weighted by Gasteiger charge is 2.13. The molecule has 5 nitrogen and oxygen atoms in total. The molecule has 4 N–H and O–H groups in total. The van der Waals surface area contributed by atoms with Crippen molar-refractivity contribution in [3.05, 3.63) is 23.8 Å². The van der Waals surface area contributed by atoms with Gasteiger partial charge in [-0.25, -0.2) is 13.8 Å². The Hall–Kier alpha value is -2.18. The van der Waals surface area contributed by atoms with Gasteiger partial charge in [-0.05, 0) is 12.1 Å². The second-order valence-corrected chi connectivity index (χ2v) is 3.89. The summed E-state index contributed by atoms with van der Waals surface area (Å²) in [5.74, 6) is -0.280. The van der Waals surface area contributed by atoms with E-state index in [0.717, 1.165) is 0 Å². The largest absolute Gasteiger partial charge is 0.370 e. The molecule has 0 fully saturated rings. The number of fused-ring (bicyclic) bond motifs is 1. The number of primary amides is 1. The number of anilines is 1. The summed E-state index contributed by atoms with van der Waals surface area (Å²) in [6.45, 7) is 0.283. The van der Waals surface area contributed by atoms with Crippen LogP contribution in [-0.4, -0.2) is 15.5 Å². The standard InChI is InChI=1S/C11H12F2N4O/c12-10(13)6-1-2-8-7(5-6)16-11(15)17(8)4-3-9(14)18/h1-2,5,10H,3-4H2,(H2,14,18)(H2,15,16). The van der Waals surface area contributed by atoms with Crippen molar-refractivity contribution in [1.82, 2.24) is 9.55 Å². The first kappa shape index (κ1) is 12.3. The molecule has 2 aromatic rings. The van der Waals surface area contributed by atoms with E-state index >= 15 is 0 Å². The lowest BCUT2D eigenvalue weighted by molar-refractivity contribution is -0.118. The molecular weight excluding hydrogens is 242 g/mol. The fourth-order valence-corrected chi connectivity index (χ4v) is 1.76. The SMILES string of the molecule is NC(=O)CCn1c(N)nc2cc(C(F)F)ccc21. The van der Waals surface area contributed by atoms with E-state index in [0.29, 0.717) is 11.0 Å². The average Bonchev–Trinajstić information content (AvgIpc) is 2.60. The van der Waals surface area contributed by atoms with Crippen molar-refractivity contribution in [3.8, 4) is 0 Å². The Kier molecular flexibility index (Phi) is 3.14. The lowest BCUT2D eigenvalue weighted by Gasteiger charge is -2.04. The monoisotopic (exact) mass is 254 g/mol. The molecule has 0 spiro atoms. The Morgan fingerprint density at radius 3 is 2.78 bits per heavy atom. The predicted octanol–water partition coefficient (Wildman–Crippen LogP) is 1.43. The first-order valence-electron chi connectivity index (χ1n) is 5.31. The molecule has 1 heterocycles. The van der Waals surface area contributed by atoms with E-state index in [4.69, 9.17) is 11.5 Å². The number of aromatic nitrogens is 2. The van der Waals surface area contributed by atoms with Gasteiger partial charge < -0.3 is 16.0 Å². The highest BCUT2D eigenvalue weighted by atomic mass is 19.3. The van der Waals surface area contributed by atoms with Crippen LogP contribution in [0.15, 0.2) is 18.2 Å². The number of carbonyl (C=O) groups is 1. The number of amides is 1. The molecule has 1 aromatic carbocycles. The molecule has 0 bridgehead atoms. The number of hydrogen-bond acceptors (Lipinski definition) is 3. The number of alkyl halides is 2. The molecule has 0 radical (unpaired) electrons. The first-order chi connectivity index (χ1) is 8.49. The Morgan fingerprint density at radius 1 is 1.44 bits per heavy atom. The van der Waals surface area contributed by atoms with Crippen molar-refractivity contribution in [1.29, 1.82) is 0 Å². The van der Waals surface area contributed by atoms with Crippen molar-refractivity contribution in [2.45, 2.75) is 19.4 Å². The van der Waals surface area contributed by atoms with Crippen LogP contribution in [0.25, 0.3) is 11.0 Å². The molecule has 0 saturated carbocycles. The molecule has 2 rings (SSSR count). The number of carbonyl (C=O) groups excluding carboxylic acids is 1. The lowest BCUT2D eigenvalue weighted by Crippen LogP contribution is -2.14. The highest BCUT2D eigenvalue weighted by molar-refractivity contribution is 5.80. The molecule has 1 amide bonds. The van der Waals surface area contributed by atoms with Crippen molar-refractivity contribution in [2.75, 3.05) is 5.73 Å². The second-order valence-electron chi connectivity index (χ2n) is 3.89. The van der Waals surface area contributed by atoms with Gasteiger partial charge >= 0.3 is 0 Å². The number of imidazole rings is 1.